The van der Waals surface area contributed by atoms with Crippen molar-refractivity contribution in [2.24, 2.45) is 0 Å². The minimum atomic E-state index is -0.980. The molecular weight excluding hydrogens is 552 g/mol. The number of halogens is 1. The van der Waals surface area contributed by atoms with Crippen LogP contribution in [-0.2, 0) is 11.3 Å². The third-order valence-corrected chi connectivity index (χ3v) is 7.28. The number of urea groups is 1. The van der Waals surface area contributed by atoms with E-state index in [-0.39, 0.29) is 12.1 Å². The molecular formula is C33H33BrN2O3. The number of amides is 2. The van der Waals surface area contributed by atoms with E-state index in [0.29, 0.717) is 6.54 Å². The van der Waals surface area contributed by atoms with Crippen molar-refractivity contribution in [2.45, 2.75) is 45.2 Å². The fraction of sp³-hybridized carbons (Fsp3) is 0.212. The number of aliphatic carboxylic acids is 1. The number of hydrogen-bond donors (Lipinski definition) is 2. The van der Waals surface area contributed by atoms with Gasteiger partial charge >= 0.3 is 12.0 Å². The first-order chi connectivity index (χ1) is 18.9. The van der Waals surface area contributed by atoms with E-state index in [1.807, 2.05) is 73.7 Å². The fourth-order valence-corrected chi connectivity index (χ4v) is 4.82. The summed E-state index contributed by atoms with van der Waals surface area (Å²) in [5.74, 6) is -0.980. The predicted octanol–water partition coefficient (Wildman–Crippen LogP) is 8.54. The van der Waals surface area contributed by atoms with Gasteiger partial charge in [0.05, 0.1) is 12.6 Å². The van der Waals surface area contributed by atoms with Crippen LogP contribution in [-0.4, -0.2) is 17.1 Å². The lowest BCUT2D eigenvalue weighted by Gasteiger charge is -2.26. The molecule has 0 saturated heterocycles. The van der Waals surface area contributed by atoms with Gasteiger partial charge in [0.1, 0.15) is 0 Å². The minimum Gasteiger partial charge on any atom is -0.478 e. The van der Waals surface area contributed by atoms with Crippen molar-refractivity contribution in [3.8, 4) is 0 Å². The van der Waals surface area contributed by atoms with Gasteiger partial charge in [0, 0.05) is 16.2 Å². The number of hydrogen-bond acceptors (Lipinski definition) is 2. The molecule has 1 aliphatic rings. The van der Waals surface area contributed by atoms with Gasteiger partial charge in [-0.15, -0.1) is 0 Å². The maximum Gasteiger partial charge on any atom is 0.328 e. The van der Waals surface area contributed by atoms with E-state index in [1.165, 1.54) is 30.1 Å². The predicted molar refractivity (Wildman–Crippen MR) is 162 cm³/mol. The van der Waals surface area contributed by atoms with E-state index in [9.17, 15) is 9.59 Å². The van der Waals surface area contributed by atoms with Gasteiger partial charge in [-0.25, -0.2) is 9.59 Å². The lowest BCUT2D eigenvalue weighted by atomic mass is 9.93. The van der Waals surface area contributed by atoms with Gasteiger partial charge in [-0.1, -0.05) is 88.8 Å². The summed E-state index contributed by atoms with van der Waals surface area (Å²) in [5, 5.41) is 11.9. The summed E-state index contributed by atoms with van der Waals surface area (Å²) in [6.45, 7) is 2.39. The molecule has 1 aliphatic carbocycles. The van der Waals surface area contributed by atoms with Gasteiger partial charge in [0.25, 0.3) is 0 Å². The third kappa shape index (κ3) is 8.29. The molecule has 0 radical (unpaired) electrons. The monoisotopic (exact) mass is 584 g/mol. The normalized spacial score (nSPS) is 14.3. The van der Waals surface area contributed by atoms with Crippen LogP contribution in [0.15, 0.2) is 102 Å². The topological polar surface area (TPSA) is 69.6 Å². The Morgan fingerprint density at radius 2 is 1.69 bits per heavy atom. The molecule has 3 aromatic carbocycles. The second-order valence-corrected chi connectivity index (χ2v) is 10.5. The Bertz CT molecular complexity index is 1360. The van der Waals surface area contributed by atoms with Crippen molar-refractivity contribution in [3.63, 3.8) is 0 Å². The van der Waals surface area contributed by atoms with Gasteiger partial charge in [0.2, 0.25) is 0 Å². The Balaban J connectivity index is 1.54. The zero-order valence-corrected chi connectivity index (χ0v) is 23.6. The highest BCUT2D eigenvalue weighted by Crippen LogP contribution is 2.29. The number of carbonyl (C=O) groups is 2. The number of benzene rings is 3. The standard InChI is InChI=1S/C33H33BrN2O3/c1-24(27-15-19-30(34)20-16-27)35-33(39)36(31-21-17-29(18-22-31)28-8-3-2-4-9-28)23-26-13-11-25(12-14-26)7-5-6-10-32(37)38/h5-8,10-22,24H,2-4,9,23H2,1H3,(H,35,39)(H,37,38)/b7-5+,10-6+. The van der Waals surface area contributed by atoms with Crippen LogP contribution < -0.4 is 10.2 Å². The molecule has 1 atom stereocenters. The molecule has 0 fully saturated rings. The van der Waals surface area contributed by atoms with E-state index in [0.717, 1.165) is 45.8 Å². The Labute approximate surface area is 238 Å². The lowest BCUT2D eigenvalue weighted by Crippen LogP contribution is -2.40. The molecule has 5 nitrogen and oxygen atoms in total. The van der Waals surface area contributed by atoms with Crippen LogP contribution in [0.5, 0.6) is 0 Å². The molecule has 0 bridgehead atoms. The minimum absolute atomic E-state index is 0.161. The van der Waals surface area contributed by atoms with Crippen LogP contribution in [0, 0.1) is 0 Å². The molecule has 200 valence electrons. The van der Waals surface area contributed by atoms with Crippen molar-refractivity contribution in [1.82, 2.24) is 5.32 Å². The molecule has 39 heavy (non-hydrogen) atoms. The molecule has 2 amide bonds. The van der Waals surface area contributed by atoms with Crippen LogP contribution in [0.1, 0.15) is 60.9 Å². The summed E-state index contributed by atoms with van der Waals surface area (Å²) < 4.78 is 0.996. The van der Waals surface area contributed by atoms with Crippen LogP contribution in [0.4, 0.5) is 10.5 Å². The van der Waals surface area contributed by atoms with E-state index in [2.05, 4.69) is 39.5 Å². The lowest BCUT2D eigenvalue weighted by molar-refractivity contribution is -0.131. The van der Waals surface area contributed by atoms with Crippen molar-refractivity contribution >= 4 is 45.3 Å². The number of allylic oxidation sites excluding steroid dienone is 4. The second-order valence-electron chi connectivity index (χ2n) is 9.63. The number of nitrogens with zero attached hydrogens (tertiary/aromatic N) is 1. The third-order valence-electron chi connectivity index (χ3n) is 6.75. The Hall–Kier alpha value is -3.90. The molecule has 0 spiro atoms. The van der Waals surface area contributed by atoms with Crippen LogP contribution in [0.3, 0.4) is 0 Å². The molecule has 0 aliphatic heterocycles. The Morgan fingerprint density at radius 3 is 2.33 bits per heavy atom. The number of carboxylic acids is 1. The zero-order chi connectivity index (χ0) is 27.6. The summed E-state index contributed by atoms with van der Waals surface area (Å²) in [5.41, 5.74) is 6.39. The maximum atomic E-state index is 13.6. The highest BCUT2D eigenvalue weighted by atomic mass is 79.9. The van der Waals surface area contributed by atoms with Crippen molar-refractivity contribution < 1.29 is 14.7 Å². The first-order valence-corrected chi connectivity index (χ1v) is 14.0. The van der Waals surface area contributed by atoms with Gasteiger partial charge in [-0.3, -0.25) is 4.90 Å². The van der Waals surface area contributed by atoms with Gasteiger partial charge < -0.3 is 10.4 Å². The summed E-state index contributed by atoms with van der Waals surface area (Å²) in [4.78, 5) is 26.0. The molecule has 2 N–H and O–H groups in total. The quantitative estimate of drug-likeness (QED) is 0.195. The smallest absolute Gasteiger partial charge is 0.328 e. The Kier molecular flexibility index (Phi) is 9.92. The highest BCUT2D eigenvalue weighted by molar-refractivity contribution is 9.10. The average Bonchev–Trinajstić information content (AvgIpc) is 2.95. The largest absolute Gasteiger partial charge is 0.478 e. The first kappa shape index (κ1) is 28.1. The van der Waals surface area contributed by atoms with Crippen molar-refractivity contribution in [3.05, 3.63) is 124 Å². The number of nitrogens with one attached hydrogen (secondary N) is 1. The van der Waals surface area contributed by atoms with E-state index >= 15 is 0 Å². The summed E-state index contributed by atoms with van der Waals surface area (Å²) in [6.07, 6.45) is 13.1. The fourth-order valence-electron chi connectivity index (χ4n) is 4.56. The Morgan fingerprint density at radius 1 is 0.974 bits per heavy atom. The molecule has 4 rings (SSSR count). The van der Waals surface area contributed by atoms with Crippen LogP contribution in [0.25, 0.3) is 11.6 Å². The number of rotatable bonds is 9. The highest BCUT2D eigenvalue weighted by Gasteiger charge is 2.19. The number of carbonyl (C=O) groups excluding carboxylic acids is 1. The maximum absolute atomic E-state index is 13.6. The molecule has 0 saturated carbocycles. The van der Waals surface area contributed by atoms with Gasteiger partial charge in [0.15, 0.2) is 0 Å². The van der Waals surface area contributed by atoms with E-state index in [1.54, 1.807) is 11.0 Å². The van der Waals surface area contributed by atoms with Crippen molar-refractivity contribution in [2.75, 3.05) is 4.90 Å². The molecule has 6 heteroatoms. The van der Waals surface area contributed by atoms with Gasteiger partial charge in [-0.2, -0.15) is 0 Å². The number of anilines is 1. The molecule has 1 unspecified atom stereocenters. The molecule has 3 aromatic rings. The molecule has 0 aromatic heterocycles. The van der Waals surface area contributed by atoms with Crippen LogP contribution in [0.2, 0.25) is 0 Å². The summed E-state index contributed by atoms with van der Waals surface area (Å²) >= 11 is 3.47. The van der Waals surface area contributed by atoms with E-state index < -0.39 is 5.97 Å². The van der Waals surface area contributed by atoms with Gasteiger partial charge in [-0.05, 0) is 84.7 Å². The zero-order valence-electron chi connectivity index (χ0n) is 22.0. The average molecular weight is 586 g/mol. The number of carboxylic acid groups (broad SMARTS) is 1. The van der Waals surface area contributed by atoms with E-state index in [4.69, 9.17) is 5.11 Å². The molecule has 0 heterocycles. The summed E-state index contributed by atoms with van der Waals surface area (Å²) in [6, 6.07) is 23.8. The SMILES string of the molecule is CC(NC(=O)N(Cc1ccc(/C=C/C=C/C(=O)O)cc1)c1ccc(C2=CCCCC2)cc1)c1ccc(Br)cc1. The first-order valence-electron chi connectivity index (χ1n) is 13.2. The van der Waals surface area contributed by atoms with Crippen LogP contribution >= 0.6 is 15.9 Å². The van der Waals surface area contributed by atoms with Crippen molar-refractivity contribution in [1.29, 1.82) is 0 Å². The second kappa shape index (κ2) is 13.8. The summed E-state index contributed by atoms with van der Waals surface area (Å²) in [7, 11) is 0.